The number of hydroxylamine groups is 1. The number of nitrogens with zero attached hydrogens (tertiary/aromatic N) is 1. The van der Waals surface area contributed by atoms with Gasteiger partial charge in [0.2, 0.25) is 0 Å². The van der Waals surface area contributed by atoms with E-state index in [4.69, 9.17) is 9.25 Å². The molecule has 0 spiro atoms. The lowest BCUT2D eigenvalue weighted by atomic mass is 9.89. The molecule has 0 unspecified atom stereocenters. The van der Waals surface area contributed by atoms with Crippen molar-refractivity contribution in [3.05, 3.63) is 24.2 Å². The van der Waals surface area contributed by atoms with E-state index >= 15 is 0 Å². The van der Waals surface area contributed by atoms with E-state index in [2.05, 4.69) is 5.48 Å². The summed E-state index contributed by atoms with van der Waals surface area (Å²) in [5.74, 6) is 0.241. The molecule has 1 aromatic heterocycles. The molecule has 1 saturated carbocycles. The van der Waals surface area contributed by atoms with Gasteiger partial charge in [-0.15, -0.1) is 0 Å². The summed E-state index contributed by atoms with van der Waals surface area (Å²) in [5.41, 5.74) is 2.19. The molecule has 6 nitrogen and oxygen atoms in total. The van der Waals surface area contributed by atoms with Crippen molar-refractivity contribution >= 4 is 12.0 Å². The first-order chi connectivity index (χ1) is 9.66. The van der Waals surface area contributed by atoms with Crippen LogP contribution in [0.25, 0.3) is 0 Å². The van der Waals surface area contributed by atoms with E-state index < -0.39 is 6.03 Å². The first-order valence-corrected chi connectivity index (χ1v) is 6.91. The highest BCUT2D eigenvalue weighted by Crippen LogP contribution is 2.24. The maximum absolute atomic E-state index is 11.8. The zero-order chi connectivity index (χ0) is 14.4. The average molecular weight is 280 g/mol. The van der Waals surface area contributed by atoms with Crippen molar-refractivity contribution in [3.63, 3.8) is 0 Å². The lowest BCUT2D eigenvalue weighted by molar-refractivity contribution is -0.155. The first-order valence-electron chi connectivity index (χ1n) is 6.91. The third-order valence-electron chi connectivity index (χ3n) is 3.50. The van der Waals surface area contributed by atoms with Crippen molar-refractivity contribution in [2.75, 3.05) is 7.05 Å². The lowest BCUT2D eigenvalue weighted by Gasteiger charge is -2.21. The normalized spacial score (nSPS) is 15.7. The standard InChI is InChI=1S/C14H20N2O4/c1-16(10-12-8-5-9-19-12)14(18)15-20-13(17)11-6-3-2-4-7-11/h5,8-9,11H,2-4,6-7,10H2,1H3,(H,15,18). The van der Waals surface area contributed by atoms with E-state index in [0.29, 0.717) is 12.3 Å². The Hall–Kier alpha value is -1.98. The summed E-state index contributed by atoms with van der Waals surface area (Å²) >= 11 is 0. The summed E-state index contributed by atoms with van der Waals surface area (Å²) in [6, 6.07) is 3.06. The van der Waals surface area contributed by atoms with Gasteiger partial charge in [0.1, 0.15) is 5.76 Å². The lowest BCUT2D eigenvalue weighted by Crippen LogP contribution is -2.39. The molecule has 110 valence electrons. The van der Waals surface area contributed by atoms with Gasteiger partial charge in [-0.25, -0.2) is 9.59 Å². The molecule has 0 saturated heterocycles. The molecule has 20 heavy (non-hydrogen) atoms. The summed E-state index contributed by atoms with van der Waals surface area (Å²) in [6.45, 7) is 0.319. The Balaban J connectivity index is 1.72. The number of furan rings is 1. The average Bonchev–Trinajstić information content (AvgIpc) is 2.98. The van der Waals surface area contributed by atoms with Gasteiger partial charge in [0.05, 0.1) is 18.7 Å². The molecular formula is C14H20N2O4. The third kappa shape index (κ3) is 4.01. The number of urea groups is 1. The van der Waals surface area contributed by atoms with Crippen molar-refractivity contribution in [3.8, 4) is 0 Å². The molecule has 2 rings (SSSR count). The minimum atomic E-state index is -0.467. The fourth-order valence-electron chi connectivity index (χ4n) is 2.30. The molecule has 0 atom stereocenters. The van der Waals surface area contributed by atoms with Gasteiger partial charge in [0, 0.05) is 7.05 Å². The summed E-state index contributed by atoms with van der Waals surface area (Å²) < 4.78 is 5.15. The van der Waals surface area contributed by atoms with Crippen molar-refractivity contribution in [2.45, 2.75) is 38.6 Å². The Labute approximate surface area is 118 Å². The zero-order valence-corrected chi connectivity index (χ0v) is 11.6. The zero-order valence-electron chi connectivity index (χ0n) is 11.6. The highest BCUT2D eigenvalue weighted by atomic mass is 16.7. The molecule has 1 heterocycles. The highest BCUT2D eigenvalue weighted by molar-refractivity contribution is 5.77. The largest absolute Gasteiger partial charge is 0.467 e. The van der Waals surface area contributed by atoms with E-state index in [1.54, 1.807) is 25.4 Å². The molecule has 1 aliphatic rings. The topological polar surface area (TPSA) is 71.8 Å². The smallest absolute Gasteiger partial charge is 0.350 e. The maximum atomic E-state index is 11.8. The minimum absolute atomic E-state index is 0.0839. The van der Waals surface area contributed by atoms with Crippen LogP contribution in [0.3, 0.4) is 0 Å². The van der Waals surface area contributed by atoms with Crippen LogP contribution in [0.5, 0.6) is 0 Å². The summed E-state index contributed by atoms with van der Waals surface area (Å²) in [7, 11) is 1.60. The van der Waals surface area contributed by atoms with Crippen LogP contribution in [0.15, 0.2) is 22.8 Å². The molecule has 0 bridgehead atoms. The van der Waals surface area contributed by atoms with E-state index in [1.807, 2.05) is 0 Å². The number of carbonyl (C=O) groups excluding carboxylic acids is 2. The van der Waals surface area contributed by atoms with E-state index in [-0.39, 0.29) is 11.9 Å². The first kappa shape index (κ1) is 14.4. The highest BCUT2D eigenvalue weighted by Gasteiger charge is 2.24. The molecule has 1 N–H and O–H groups in total. The molecule has 1 aromatic rings. The molecule has 1 fully saturated rings. The van der Waals surface area contributed by atoms with Gasteiger partial charge in [-0.3, -0.25) is 0 Å². The monoisotopic (exact) mass is 280 g/mol. The predicted molar refractivity (Wildman–Crippen MR) is 71.4 cm³/mol. The second-order valence-corrected chi connectivity index (χ2v) is 5.10. The van der Waals surface area contributed by atoms with Crippen molar-refractivity contribution in [1.29, 1.82) is 0 Å². The van der Waals surface area contributed by atoms with Crippen LogP contribution >= 0.6 is 0 Å². The summed E-state index contributed by atoms with van der Waals surface area (Å²) in [6.07, 6.45) is 6.50. The molecule has 0 aliphatic heterocycles. The number of amides is 2. The molecule has 2 amide bonds. The fourth-order valence-corrected chi connectivity index (χ4v) is 2.30. The van der Waals surface area contributed by atoms with Crippen molar-refractivity contribution in [1.82, 2.24) is 10.4 Å². The second kappa shape index (κ2) is 6.98. The Morgan fingerprint density at radius 3 is 2.80 bits per heavy atom. The van der Waals surface area contributed by atoms with Crippen molar-refractivity contribution < 1.29 is 18.8 Å². The predicted octanol–water partition coefficient (Wildman–Crippen LogP) is 2.46. The maximum Gasteiger partial charge on any atom is 0.350 e. The Morgan fingerprint density at radius 2 is 2.15 bits per heavy atom. The van der Waals surface area contributed by atoms with Crippen LogP contribution in [-0.4, -0.2) is 23.9 Å². The minimum Gasteiger partial charge on any atom is -0.467 e. The molecule has 0 aromatic carbocycles. The van der Waals surface area contributed by atoms with Gasteiger partial charge in [-0.2, -0.15) is 5.48 Å². The van der Waals surface area contributed by atoms with Crippen LogP contribution in [-0.2, 0) is 16.2 Å². The van der Waals surface area contributed by atoms with E-state index in [9.17, 15) is 9.59 Å². The number of rotatable bonds is 3. The second-order valence-electron chi connectivity index (χ2n) is 5.10. The van der Waals surface area contributed by atoms with E-state index in [1.165, 1.54) is 11.3 Å². The van der Waals surface area contributed by atoms with Gasteiger partial charge in [0.15, 0.2) is 0 Å². The van der Waals surface area contributed by atoms with Gasteiger partial charge in [-0.05, 0) is 25.0 Å². The van der Waals surface area contributed by atoms with Gasteiger partial charge >= 0.3 is 12.0 Å². The quantitative estimate of drug-likeness (QED) is 0.863. The van der Waals surface area contributed by atoms with Crippen LogP contribution in [0.1, 0.15) is 37.9 Å². The van der Waals surface area contributed by atoms with E-state index in [0.717, 1.165) is 25.7 Å². The van der Waals surface area contributed by atoms with Gasteiger partial charge < -0.3 is 14.2 Å². The van der Waals surface area contributed by atoms with Crippen LogP contribution in [0, 0.1) is 5.92 Å². The Morgan fingerprint density at radius 1 is 1.40 bits per heavy atom. The fraction of sp³-hybridized carbons (Fsp3) is 0.571. The molecular weight excluding hydrogens is 260 g/mol. The number of hydrogen-bond donors (Lipinski definition) is 1. The summed E-state index contributed by atoms with van der Waals surface area (Å²) in [5, 5.41) is 0. The number of hydrogen-bond acceptors (Lipinski definition) is 4. The number of carbonyl (C=O) groups is 2. The van der Waals surface area contributed by atoms with Gasteiger partial charge in [-0.1, -0.05) is 19.3 Å². The molecule has 1 aliphatic carbocycles. The molecule has 6 heteroatoms. The Bertz CT molecular complexity index is 438. The van der Waals surface area contributed by atoms with Crippen LogP contribution < -0.4 is 5.48 Å². The summed E-state index contributed by atoms with van der Waals surface area (Å²) in [4.78, 5) is 29.8. The Kier molecular flexibility index (Phi) is 5.03. The van der Waals surface area contributed by atoms with Crippen LogP contribution in [0.2, 0.25) is 0 Å². The SMILES string of the molecule is CN(Cc1ccco1)C(=O)NOC(=O)C1CCCCC1. The van der Waals surface area contributed by atoms with Gasteiger partial charge in [0.25, 0.3) is 0 Å². The molecule has 0 radical (unpaired) electrons. The third-order valence-corrected chi connectivity index (χ3v) is 3.50. The number of nitrogens with one attached hydrogen (secondary N) is 1. The van der Waals surface area contributed by atoms with Crippen LogP contribution in [0.4, 0.5) is 4.79 Å². The van der Waals surface area contributed by atoms with Crippen molar-refractivity contribution in [2.24, 2.45) is 5.92 Å².